The second kappa shape index (κ2) is 7.12. The van der Waals surface area contributed by atoms with Crippen molar-refractivity contribution in [2.45, 2.75) is 6.92 Å². The topological polar surface area (TPSA) is 59.3 Å². The highest BCUT2D eigenvalue weighted by molar-refractivity contribution is 6.11. The lowest BCUT2D eigenvalue weighted by Crippen LogP contribution is -2.17. The molecule has 1 N–H and O–H groups in total. The molecule has 5 nitrogen and oxygen atoms in total. The third-order valence-corrected chi connectivity index (χ3v) is 5.43. The van der Waals surface area contributed by atoms with Gasteiger partial charge in [-0.25, -0.2) is 9.50 Å². The number of aromatic nitrogens is 3. The third-order valence-electron chi connectivity index (χ3n) is 5.43. The number of hydrogen-bond donors (Lipinski definition) is 1. The van der Waals surface area contributed by atoms with Crippen molar-refractivity contribution in [1.29, 1.82) is 0 Å². The first-order valence-corrected chi connectivity index (χ1v) is 9.80. The predicted molar refractivity (Wildman–Crippen MR) is 119 cm³/mol. The minimum atomic E-state index is -0.0986. The quantitative estimate of drug-likeness (QED) is 0.476. The van der Waals surface area contributed by atoms with Gasteiger partial charge in [0.25, 0.3) is 5.91 Å². The zero-order valence-electron chi connectivity index (χ0n) is 16.8. The molecule has 5 heteroatoms. The first kappa shape index (κ1) is 18.1. The van der Waals surface area contributed by atoms with Crippen LogP contribution in [0.5, 0.6) is 0 Å². The van der Waals surface area contributed by atoms with Gasteiger partial charge in [-0.1, -0.05) is 60.2 Å². The number of amides is 1. The van der Waals surface area contributed by atoms with Gasteiger partial charge in [0.2, 0.25) is 0 Å². The van der Waals surface area contributed by atoms with Crippen LogP contribution in [-0.2, 0) is 0 Å². The van der Waals surface area contributed by atoms with Crippen molar-refractivity contribution in [3.05, 3.63) is 90.4 Å². The van der Waals surface area contributed by atoms with Crippen molar-refractivity contribution in [2.75, 3.05) is 7.05 Å². The van der Waals surface area contributed by atoms with E-state index < -0.39 is 0 Å². The van der Waals surface area contributed by atoms with E-state index in [0.717, 1.165) is 38.7 Å². The molecule has 0 atom stereocenters. The van der Waals surface area contributed by atoms with Gasteiger partial charge in [-0.2, -0.15) is 5.10 Å². The molecule has 0 bridgehead atoms. The number of nitrogens with zero attached hydrogens (tertiary/aromatic N) is 3. The van der Waals surface area contributed by atoms with Crippen molar-refractivity contribution < 1.29 is 4.79 Å². The maximum Gasteiger partial charge on any atom is 0.251 e. The summed E-state index contributed by atoms with van der Waals surface area (Å²) in [6, 6.07) is 20.1. The molecule has 146 valence electrons. The summed E-state index contributed by atoms with van der Waals surface area (Å²) in [6.07, 6.45) is 5.71. The van der Waals surface area contributed by atoms with Gasteiger partial charge in [-0.05, 0) is 34.9 Å². The van der Waals surface area contributed by atoms with E-state index in [2.05, 4.69) is 41.6 Å². The van der Waals surface area contributed by atoms with Gasteiger partial charge in [0.1, 0.15) is 0 Å². The lowest BCUT2D eigenvalue weighted by atomic mass is 9.96. The summed E-state index contributed by atoms with van der Waals surface area (Å²) >= 11 is 0. The van der Waals surface area contributed by atoms with Gasteiger partial charge in [0, 0.05) is 36.1 Å². The van der Waals surface area contributed by atoms with Crippen LogP contribution in [0, 0.1) is 6.92 Å². The number of benzene rings is 3. The molecule has 2 heterocycles. The molecule has 0 saturated heterocycles. The van der Waals surface area contributed by atoms with Crippen molar-refractivity contribution in [2.24, 2.45) is 0 Å². The highest BCUT2D eigenvalue weighted by Gasteiger charge is 2.15. The van der Waals surface area contributed by atoms with E-state index in [0.29, 0.717) is 5.56 Å². The molecular formula is C25H20N4O. The maximum absolute atomic E-state index is 12.3. The molecular weight excluding hydrogens is 372 g/mol. The largest absolute Gasteiger partial charge is 0.355 e. The molecule has 0 fully saturated rings. The molecule has 0 radical (unpaired) electrons. The Kier molecular flexibility index (Phi) is 4.29. The van der Waals surface area contributed by atoms with Gasteiger partial charge in [0.15, 0.2) is 5.65 Å². The fraction of sp³-hybridized carbons (Fsp3) is 0.0800. The van der Waals surface area contributed by atoms with Gasteiger partial charge < -0.3 is 5.32 Å². The van der Waals surface area contributed by atoms with E-state index >= 15 is 0 Å². The molecule has 30 heavy (non-hydrogen) atoms. The molecule has 0 aliphatic heterocycles. The minimum Gasteiger partial charge on any atom is -0.355 e. The molecule has 3 aromatic carbocycles. The number of aryl methyl sites for hydroxylation is 1. The van der Waals surface area contributed by atoms with Gasteiger partial charge in [0.05, 0.1) is 6.20 Å². The number of hydrogen-bond acceptors (Lipinski definition) is 3. The Morgan fingerprint density at radius 2 is 1.63 bits per heavy atom. The van der Waals surface area contributed by atoms with Crippen LogP contribution in [0.4, 0.5) is 0 Å². The summed E-state index contributed by atoms with van der Waals surface area (Å²) in [5, 5.41) is 9.17. The first-order valence-electron chi connectivity index (χ1n) is 9.80. The van der Waals surface area contributed by atoms with Crippen molar-refractivity contribution in [3.63, 3.8) is 0 Å². The number of nitrogens with one attached hydrogen (secondary N) is 1. The Balaban J connectivity index is 1.66. The molecule has 0 saturated carbocycles. The third kappa shape index (κ3) is 2.92. The Bertz CT molecular complexity index is 1400. The summed E-state index contributed by atoms with van der Waals surface area (Å²) < 4.78 is 1.81. The summed E-state index contributed by atoms with van der Waals surface area (Å²) in [5.74, 6) is -0.0986. The summed E-state index contributed by atoms with van der Waals surface area (Å²) in [7, 11) is 1.64. The molecule has 5 rings (SSSR count). The smallest absolute Gasteiger partial charge is 0.251 e. The van der Waals surface area contributed by atoms with E-state index in [4.69, 9.17) is 4.98 Å². The molecule has 0 aliphatic carbocycles. The molecule has 2 aromatic heterocycles. The van der Waals surface area contributed by atoms with Crippen molar-refractivity contribution in [1.82, 2.24) is 19.9 Å². The van der Waals surface area contributed by atoms with Crippen molar-refractivity contribution >= 4 is 22.3 Å². The van der Waals surface area contributed by atoms with Crippen LogP contribution in [0.1, 0.15) is 15.9 Å². The number of rotatable bonds is 3. The molecule has 0 aliphatic rings. The molecule has 0 spiro atoms. The second-order valence-corrected chi connectivity index (χ2v) is 7.32. The van der Waals surface area contributed by atoms with Crippen LogP contribution in [0.25, 0.3) is 38.7 Å². The monoisotopic (exact) mass is 392 g/mol. The van der Waals surface area contributed by atoms with Gasteiger partial charge in [-0.15, -0.1) is 0 Å². The number of fused-ring (bicyclic) bond motifs is 2. The van der Waals surface area contributed by atoms with E-state index in [1.807, 2.05) is 59.5 Å². The SMILES string of the molecule is CNC(=O)c1cccc2c(-c3cnn4cc(-c5ccc(C)cc5)cnc34)cccc12. The van der Waals surface area contributed by atoms with Crippen LogP contribution < -0.4 is 5.32 Å². The Labute approximate surface area is 174 Å². The highest BCUT2D eigenvalue weighted by atomic mass is 16.1. The summed E-state index contributed by atoms with van der Waals surface area (Å²) in [5.41, 5.74) is 6.71. The molecule has 1 amide bonds. The first-order chi connectivity index (χ1) is 14.7. The lowest BCUT2D eigenvalue weighted by molar-refractivity contribution is 0.0964. The predicted octanol–water partition coefficient (Wildman–Crippen LogP) is 4.88. The maximum atomic E-state index is 12.3. The second-order valence-electron chi connectivity index (χ2n) is 7.32. The Morgan fingerprint density at radius 3 is 2.43 bits per heavy atom. The highest BCUT2D eigenvalue weighted by Crippen LogP contribution is 2.33. The van der Waals surface area contributed by atoms with Crippen molar-refractivity contribution in [3.8, 4) is 22.3 Å². The molecule has 0 unspecified atom stereocenters. The number of carbonyl (C=O) groups is 1. The van der Waals surface area contributed by atoms with Gasteiger partial charge in [-0.3, -0.25) is 4.79 Å². The van der Waals surface area contributed by atoms with E-state index in [-0.39, 0.29) is 5.91 Å². The molecule has 5 aromatic rings. The average molecular weight is 392 g/mol. The van der Waals surface area contributed by atoms with Gasteiger partial charge >= 0.3 is 0 Å². The zero-order chi connectivity index (χ0) is 20.7. The van der Waals surface area contributed by atoms with E-state index in [9.17, 15) is 4.79 Å². The zero-order valence-corrected chi connectivity index (χ0v) is 16.8. The standard InChI is InChI=1S/C25H20N4O/c1-16-9-11-17(12-10-16)18-13-27-24-23(14-28-29(24)15-18)21-7-3-6-20-19(21)5-4-8-22(20)25(30)26-2/h3-15H,1-2H3,(H,26,30). The number of carbonyl (C=O) groups excluding carboxylic acids is 1. The summed E-state index contributed by atoms with van der Waals surface area (Å²) in [4.78, 5) is 17.0. The average Bonchev–Trinajstić information content (AvgIpc) is 3.21. The summed E-state index contributed by atoms with van der Waals surface area (Å²) in [6.45, 7) is 2.07. The fourth-order valence-electron chi connectivity index (χ4n) is 3.84. The van der Waals surface area contributed by atoms with Crippen LogP contribution in [0.15, 0.2) is 79.3 Å². The Morgan fingerprint density at radius 1 is 0.867 bits per heavy atom. The van der Waals surface area contributed by atoms with Crippen LogP contribution >= 0.6 is 0 Å². The van der Waals surface area contributed by atoms with E-state index in [1.54, 1.807) is 7.05 Å². The lowest BCUT2D eigenvalue weighted by Gasteiger charge is -2.09. The van der Waals surface area contributed by atoms with Crippen LogP contribution in [-0.4, -0.2) is 27.6 Å². The fourth-order valence-corrected chi connectivity index (χ4v) is 3.84. The Hall–Kier alpha value is -3.99. The van der Waals surface area contributed by atoms with Crippen LogP contribution in [0.2, 0.25) is 0 Å². The normalized spacial score (nSPS) is 11.1. The van der Waals surface area contributed by atoms with E-state index in [1.165, 1.54) is 5.56 Å². The van der Waals surface area contributed by atoms with Crippen LogP contribution in [0.3, 0.4) is 0 Å². The minimum absolute atomic E-state index is 0.0986.